The van der Waals surface area contributed by atoms with E-state index in [-0.39, 0.29) is 5.82 Å². The lowest BCUT2D eigenvalue weighted by molar-refractivity contribution is 0.249. The molecule has 4 nitrogen and oxygen atoms in total. The van der Waals surface area contributed by atoms with Crippen molar-refractivity contribution in [3.63, 3.8) is 0 Å². The van der Waals surface area contributed by atoms with Crippen molar-refractivity contribution < 1.29 is 4.39 Å². The zero-order valence-electron chi connectivity index (χ0n) is 9.55. The standard InChI is InChI=1S/C11H16ClFN4/c12-9-7-10(13)11(16-8-9)15-3-6-17-4-1-14-2-5-17/h7-8,14H,1-6H2,(H,15,16). The Hall–Kier alpha value is -0.910. The first-order chi connectivity index (χ1) is 8.25. The molecule has 1 aromatic rings. The number of halogens is 2. The number of rotatable bonds is 4. The number of aromatic nitrogens is 1. The molecule has 17 heavy (non-hydrogen) atoms. The number of nitrogens with zero attached hydrogens (tertiary/aromatic N) is 2. The molecule has 1 fully saturated rings. The minimum atomic E-state index is -0.405. The fraction of sp³-hybridized carbons (Fsp3) is 0.545. The Kier molecular flexibility index (Phi) is 4.53. The summed E-state index contributed by atoms with van der Waals surface area (Å²) >= 11 is 5.63. The van der Waals surface area contributed by atoms with Crippen LogP contribution in [0, 0.1) is 5.82 Å². The molecule has 0 radical (unpaired) electrons. The maximum Gasteiger partial charge on any atom is 0.166 e. The van der Waals surface area contributed by atoms with Crippen molar-refractivity contribution in [3.05, 3.63) is 23.1 Å². The maximum absolute atomic E-state index is 13.4. The third-order valence-corrected chi connectivity index (χ3v) is 2.94. The van der Waals surface area contributed by atoms with E-state index in [1.54, 1.807) is 0 Å². The van der Waals surface area contributed by atoms with Gasteiger partial charge in [-0.2, -0.15) is 0 Å². The summed E-state index contributed by atoms with van der Waals surface area (Å²) < 4.78 is 13.4. The van der Waals surface area contributed by atoms with Gasteiger partial charge in [0.25, 0.3) is 0 Å². The summed E-state index contributed by atoms with van der Waals surface area (Å²) in [5.41, 5.74) is 0. The molecule has 0 saturated carbocycles. The second-order valence-electron chi connectivity index (χ2n) is 4.00. The summed E-state index contributed by atoms with van der Waals surface area (Å²) in [5.74, 6) is -0.137. The molecular formula is C11H16ClFN4. The van der Waals surface area contributed by atoms with E-state index in [1.165, 1.54) is 12.3 Å². The molecule has 0 atom stereocenters. The van der Waals surface area contributed by atoms with Crippen molar-refractivity contribution in [2.24, 2.45) is 0 Å². The summed E-state index contributed by atoms with van der Waals surface area (Å²) in [6, 6.07) is 1.27. The highest BCUT2D eigenvalue weighted by Crippen LogP contribution is 2.14. The van der Waals surface area contributed by atoms with Crippen LogP contribution in [0.1, 0.15) is 0 Å². The third-order valence-electron chi connectivity index (χ3n) is 2.74. The minimum Gasteiger partial charge on any atom is -0.366 e. The first-order valence-electron chi connectivity index (χ1n) is 5.74. The largest absolute Gasteiger partial charge is 0.366 e. The van der Waals surface area contributed by atoms with Crippen molar-refractivity contribution in [2.45, 2.75) is 0 Å². The van der Waals surface area contributed by atoms with E-state index in [4.69, 9.17) is 11.6 Å². The summed E-state index contributed by atoms with van der Waals surface area (Å²) in [6.45, 7) is 5.70. The summed E-state index contributed by atoms with van der Waals surface area (Å²) in [6.07, 6.45) is 1.44. The highest BCUT2D eigenvalue weighted by molar-refractivity contribution is 6.30. The lowest BCUT2D eigenvalue weighted by atomic mass is 10.3. The molecule has 0 spiro atoms. The molecule has 0 amide bonds. The first-order valence-corrected chi connectivity index (χ1v) is 6.11. The molecule has 0 bridgehead atoms. The average Bonchev–Trinajstić information content (AvgIpc) is 2.33. The molecule has 1 aliphatic heterocycles. The Bertz CT molecular complexity index is 368. The van der Waals surface area contributed by atoms with Crippen molar-refractivity contribution >= 4 is 17.4 Å². The Morgan fingerprint density at radius 3 is 2.94 bits per heavy atom. The molecule has 1 saturated heterocycles. The second-order valence-corrected chi connectivity index (χ2v) is 4.44. The van der Waals surface area contributed by atoms with Crippen LogP contribution >= 0.6 is 11.6 Å². The van der Waals surface area contributed by atoms with Gasteiger partial charge in [-0.25, -0.2) is 9.37 Å². The van der Waals surface area contributed by atoms with Gasteiger partial charge in [0.1, 0.15) is 0 Å². The van der Waals surface area contributed by atoms with Gasteiger partial charge in [0.05, 0.1) is 5.02 Å². The van der Waals surface area contributed by atoms with Gasteiger partial charge in [0.2, 0.25) is 0 Å². The molecule has 0 aliphatic carbocycles. The normalized spacial score (nSPS) is 17.1. The highest BCUT2D eigenvalue weighted by Gasteiger charge is 2.09. The average molecular weight is 259 g/mol. The van der Waals surface area contributed by atoms with Crippen LogP contribution in [-0.2, 0) is 0 Å². The predicted molar refractivity (Wildman–Crippen MR) is 67.0 cm³/mol. The monoisotopic (exact) mass is 258 g/mol. The minimum absolute atomic E-state index is 0.268. The van der Waals surface area contributed by atoms with Gasteiger partial charge in [-0.1, -0.05) is 11.6 Å². The zero-order chi connectivity index (χ0) is 12.1. The second kappa shape index (κ2) is 6.14. The van der Waals surface area contributed by atoms with Crippen molar-refractivity contribution in [1.82, 2.24) is 15.2 Å². The van der Waals surface area contributed by atoms with E-state index in [2.05, 4.69) is 20.5 Å². The molecule has 1 aromatic heterocycles. The van der Waals surface area contributed by atoms with Gasteiger partial charge in [-0.05, 0) is 6.07 Å². The molecule has 94 valence electrons. The van der Waals surface area contributed by atoms with E-state index in [1.807, 2.05) is 0 Å². The topological polar surface area (TPSA) is 40.2 Å². The van der Waals surface area contributed by atoms with E-state index < -0.39 is 5.82 Å². The zero-order valence-corrected chi connectivity index (χ0v) is 10.3. The van der Waals surface area contributed by atoms with Crippen molar-refractivity contribution in [1.29, 1.82) is 0 Å². The fourth-order valence-corrected chi connectivity index (χ4v) is 1.96. The highest BCUT2D eigenvalue weighted by atomic mass is 35.5. The van der Waals surface area contributed by atoms with Crippen LogP contribution < -0.4 is 10.6 Å². The van der Waals surface area contributed by atoms with Gasteiger partial charge in [0, 0.05) is 45.5 Å². The Balaban J connectivity index is 1.77. The molecule has 0 aromatic carbocycles. The van der Waals surface area contributed by atoms with Gasteiger partial charge in [-0.15, -0.1) is 0 Å². The maximum atomic E-state index is 13.4. The number of piperazine rings is 1. The lowest BCUT2D eigenvalue weighted by Gasteiger charge is -2.27. The smallest absolute Gasteiger partial charge is 0.166 e. The number of hydrogen-bond donors (Lipinski definition) is 2. The molecule has 2 rings (SSSR count). The van der Waals surface area contributed by atoms with Gasteiger partial charge in [0.15, 0.2) is 11.6 Å². The first kappa shape index (κ1) is 12.5. The van der Waals surface area contributed by atoms with Crippen LogP contribution in [0.2, 0.25) is 5.02 Å². The van der Waals surface area contributed by atoms with Gasteiger partial charge in [-0.3, -0.25) is 4.90 Å². The molecule has 2 N–H and O–H groups in total. The number of pyridine rings is 1. The van der Waals surface area contributed by atoms with Crippen molar-refractivity contribution in [3.8, 4) is 0 Å². The van der Waals surface area contributed by atoms with E-state index in [0.29, 0.717) is 11.6 Å². The van der Waals surface area contributed by atoms with E-state index >= 15 is 0 Å². The summed E-state index contributed by atoms with van der Waals surface area (Å²) in [7, 11) is 0. The molecule has 6 heteroatoms. The van der Waals surface area contributed by atoms with Crippen LogP contribution in [0.15, 0.2) is 12.3 Å². The van der Waals surface area contributed by atoms with Gasteiger partial charge < -0.3 is 10.6 Å². The predicted octanol–water partition coefficient (Wildman–Crippen LogP) is 1.19. The third kappa shape index (κ3) is 3.80. The molecule has 1 aliphatic rings. The van der Waals surface area contributed by atoms with E-state index in [0.717, 1.165) is 32.7 Å². The van der Waals surface area contributed by atoms with Crippen LogP contribution in [0.25, 0.3) is 0 Å². The Morgan fingerprint density at radius 2 is 2.24 bits per heavy atom. The van der Waals surface area contributed by atoms with Crippen LogP contribution in [0.4, 0.5) is 10.2 Å². The van der Waals surface area contributed by atoms with Crippen LogP contribution in [-0.4, -0.2) is 49.2 Å². The number of hydrogen-bond acceptors (Lipinski definition) is 4. The Labute approximate surface area is 105 Å². The van der Waals surface area contributed by atoms with Crippen LogP contribution in [0.3, 0.4) is 0 Å². The number of anilines is 1. The SMILES string of the molecule is Fc1cc(Cl)cnc1NCCN1CCNCC1. The van der Waals surface area contributed by atoms with E-state index in [9.17, 15) is 4.39 Å². The quantitative estimate of drug-likeness (QED) is 0.851. The van der Waals surface area contributed by atoms with Gasteiger partial charge >= 0.3 is 0 Å². The van der Waals surface area contributed by atoms with Crippen LogP contribution in [0.5, 0.6) is 0 Å². The molecule has 2 heterocycles. The van der Waals surface area contributed by atoms with Crippen molar-refractivity contribution in [2.75, 3.05) is 44.6 Å². The summed E-state index contributed by atoms with van der Waals surface area (Å²) in [5, 5.41) is 6.58. The molecular weight excluding hydrogens is 243 g/mol. The lowest BCUT2D eigenvalue weighted by Crippen LogP contribution is -2.45. The molecule has 0 unspecified atom stereocenters. The number of nitrogens with one attached hydrogen (secondary N) is 2. The fourth-order valence-electron chi connectivity index (χ4n) is 1.81. The summed E-state index contributed by atoms with van der Waals surface area (Å²) in [4.78, 5) is 6.24. The Morgan fingerprint density at radius 1 is 1.47 bits per heavy atom.